The first kappa shape index (κ1) is 15.7. The molecule has 0 fully saturated rings. The Morgan fingerprint density at radius 2 is 2.19 bits per heavy atom. The van der Waals surface area contributed by atoms with Crippen LogP contribution in [0.1, 0.15) is 23.5 Å². The van der Waals surface area contributed by atoms with E-state index < -0.39 is 0 Å². The summed E-state index contributed by atoms with van der Waals surface area (Å²) in [4.78, 5) is 12.8. The molecule has 1 aromatic carbocycles. The zero-order valence-electron chi connectivity index (χ0n) is 12.3. The zero-order valence-corrected chi connectivity index (χ0v) is 13.1. The third kappa shape index (κ3) is 3.33. The Bertz CT molecular complexity index is 654. The molecule has 0 saturated heterocycles. The van der Waals surface area contributed by atoms with Gasteiger partial charge in [0.15, 0.2) is 0 Å². The van der Waals surface area contributed by atoms with Crippen molar-refractivity contribution >= 4 is 33.0 Å². The molecule has 0 bridgehead atoms. The van der Waals surface area contributed by atoms with Gasteiger partial charge in [-0.3, -0.25) is 4.79 Å². The number of methoxy groups -OCH3 is 1. The van der Waals surface area contributed by atoms with Gasteiger partial charge in [0, 0.05) is 17.2 Å². The number of nitrogen functional groups attached to an aromatic ring is 1. The summed E-state index contributed by atoms with van der Waals surface area (Å²) >= 11 is 1.27. The van der Waals surface area contributed by atoms with E-state index in [1.54, 1.807) is 13.2 Å². The Balaban J connectivity index is 2.29. The normalized spacial score (nSPS) is 12.8. The number of carbonyl (C=O) groups excluding carboxylic acids is 1. The molecule has 3 N–H and O–H groups in total. The largest absolute Gasteiger partial charge is 0.397 e. The van der Waals surface area contributed by atoms with Crippen LogP contribution in [0.4, 0.5) is 10.1 Å². The van der Waals surface area contributed by atoms with E-state index in [0.29, 0.717) is 22.6 Å². The fraction of sp³-hybridized carbons (Fsp3) is 0.400. The SMILES string of the molecule is COCC(NC(=O)c1sc2ccc(F)cc2c1N)C(C)C. The van der Waals surface area contributed by atoms with Crippen LogP contribution in [-0.4, -0.2) is 25.7 Å². The monoisotopic (exact) mass is 310 g/mol. The smallest absolute Gasteiger partial charge is 0.263 e. The van der Waals surface area contributed by atoms with E-state index in [4.69, 9.17) is 10.5 Å². The number of hydrogen-bond acceptors (Lipinski definition) is 4. The van der Waals surface area contributed by atoms with Crippen LogP contribution in [0.2, 0.25) is 0 Å². The maximum atomic E-state index is 13.3. The highest BCUT2D eigenvalue weighted by atomic mass is 32.1. The topological polar surface area (TPSA) is 64.3 Å². The highest BCUT2D eigenvalue weighted by Gasteiger charge is 2.21. The van der Waals surface area contributed by atoms with Crippen LogP contribution < -0.4 is 11.1 Å². The van der Waals surface area contributed by atoms with Crippen LogP contribution in [0.25, 0.3) is 10.1 Å². The molecule has 0 aliphatic rings. The van der Waals surface area contributed by atoms with Crippen molar-refractivity contribution in [3.05, 3.63) is 28.9 Å². The van der Waals surface area contributed by atoms with Gasteiger partial charge in [-0.2, -0.15) is 0 Å². The molecule has 114 valence electrons. The third-order valence-electron chi connectivity index (χ3n) is 3.36. The summed E-state index contributed by atoms with van der Waals surface area (Å²) in [6.45, 7) is 4.45. The number of hydrogen-bond donors (Lipinski definition) is 2. The van der Waals surface area contributed by atoms with Crippen molar-refractivity contribution in [3.63, 3.8) is 0 Å². The molecular weight excluding hydrogens is 291 g/mol. The van der Waals surface area contributed by atoms with Crippen LogP contribution in [0.5, 0.6) is 0 Å². The summed E-state index contributed by atoms with van der Waals surface area (Å²) in [6, 6.07) is 4.26. The molecule has 2 aromatic rings. The molecule has 0 radical (unpaired) electrons. The quantitative estimate of drug-likeness (QED) is 0.892. The molecule has 1 heterocycles. The second-order valence-electron chi connectivity index (χ2n) is 5.26. The van der Waals surface area contributed by atoms with Crippen molar-refractivity contribution in [1.29, 1.82) is 0 Å². The van der Waals surface area contributed by atoms with Gasteiger partial charge in [-0.15, -0.1) is 11.3 Å². The molecule has 0 aliphatic heterocycles. The molecule has 1 amide bonds. The number of nitrogens with two attached hydrogens (primary N) is 1. The number of nitrogens with one attached hydrogen (secondary N) is 1. The lowest BCUT2D eigenvalue weighted by Crippen LogP contribution is -2.41. The highest BCUT2D eigenvalue weighted by molar-refractivity contribution is 7.21. The van der Waals surface area contributed by atoms with E-state index in [1.807, 2.05) is 13.8 Å². The Labute approximate surface area is 127 Å². The summed E-state index contributed by atoms with van der Waals surface area (Å²) in [5.74, 6) is -0.370. The van der Waals surface area contributed by atoms with E-state index in [-0.39, 0.29) is 23.7 Å². The summed E-state index contributed by atoms with van der Waals surface area (Å²) in [5, 5.41) is 3.50. The average molecular weight is 310 g/mol. The number of halogens is 1. The van der Waals surface area contributed by atoms with Gasteiger partial charge in [0.05, 0.1) is 18.3 Å². The minimum atomic E-state index is -0.363. The number of rotatable bonds is 5. The third-order valence-corrected chi connectivity index (χ3v) is 4.55. The first-order chi connectivity index (χ1) is 9.93. The first-order valence-corrected chi connectivity index (χ1v) is 7.53. The number of anilines is 1. The molecule has 0 spiro atoms. The number of benzene rings is 1. The standard InChI is InChI=1S/C15H19FN2O2S/c1-8(2)11(7-20-3)18-15(19)14-13(17)10-6-9(16)4-5-12(10)21-14/h4-6,8,11H,7,17H2,1-3H3,(H,18,19). The second-order valence-corrected chi connectivity index (χ2v) is 6.32. The van der Waals surface area contributed by atoms with Crippen molar-refractivity contribution in [2.45, 2.75) is 19.9 Å². The van der Waals surface area contributed by atoms with Crippen molar-refractivity contribution < 1.29 is 13.9 Å². The minimum absolute atomic E-state index is 0.0937. The van der Waals surface area contributed by atoms with Gasteiger partial charge in [-0.05, 0) is 24.1 Å². The summed E-state index contributed by atoms with van der Waals surface area (Å²) in [5.41, 5.74) is 6.31. The van der Waals surface area contributed by atoms with E-state index in [2.05, 4.69) is 5.32 Å². The van der Waals surface area contributed by atoms with Crippen LogP contribution in [-0.2, 0) is 4.74 Å². The molecule has 4 nitrogen and oxygen atoms in total. The van der Waals surface area contributed by atoms with Gasteiger partial charge >= 0.3 is 0 Å². The lowest BCUT2D eigenvalue weighted by atomic mass is 10.1. The number of thiophene rings is 1. The molecule has 21 heavy (non-hydrogen) atoms. The van der Waals surface area contributed by atoms with E-state index in [1.165, 1.54) is 23.5 Å². The highest BCUT2D eigenvalue weighted by Crippen LogP contribution is 2.34. The van der Waals surface area contributed by atoms with Crippen LogP contribution in [0.3, 0.4) is 0 Å². The van der Waals surface area contributed by atoms with Gasteiger partial charge < -0.3 is 15.8 Å². The Kier molecular flexibility index (Phi) is 4.80. The summed E-state index contributed by atoms with van der Waals surface area (Å²) < 4.78 is 19.2. The zero-order chi connectivity index (χ0) is 15.6. The maximum absolute atomic E-state index is 13.3. The summed E-state index contributed by atoms with van der Waals surface area (Å²) in [6.07, 6.45) is 0. The van der Waals surface area contributed by atoms with Crippen molar-refractivity contribution in [2.75, 3.05) is 19.5 Å². The van der Waals surface area contributed by atoms with Crippen LogP contribution in [0, 0.1) is 11.7 Å². The van der Waals surface area contributed by atoms with Crippen molar-refractivity contribution in [3.8, 4) is 0 Å². The van der Waals surface area contributed by atoms with E-state index in [9.17, 15) is 9.18 Å². The minimum Gasteiger partial charge on any atom is -0.397 e. The predicted octanol–water partition coefficient (Wildman–Crippen LogP) is 3.02. The Morgan fingerprint density at radius 1 is 1.48 bits per heavy atom. The van der Waals surface area contributed by atoms with E-state index >= 15 is 0 Å². The molecule has 1 unspecified atom stereocenters. The molecular formula is C15H19FN2O2S. The summed E-state index contributed by atoms with van der Waals surface area (Å²) in [7, 11) is 1.60. The van der Waals surface area contributed by atoms with Crippen molar-refractivity contribution in [2.24, 2.45) is 5.92 Å². The Morgan fingerprint density at radius 3 is 2.81 bits per heavy atom. The van der Waals surface area contributed by atoms with Gasteiger partial charge in [0.25, 0.3) is 5.91 Å². The number of carbonyl (C=O) groups is 1. The maximum Gasteiger partial charge on any atom is 0.263 e. The lowest BCUT2D eigenvalue weighted by molar-refractivity contribution is 0.0871. The molecule has 0 aliphatic carbocycles. The first-order valence-electron chi connectivity index (χ1n) is 6.71. The molecule has 0 saturated carbocycles. The average Bonchev–Trinajstić information content (AvgIpc) is 2.75. The molecule has 1 atom stereocenters. The molecule has 6 heteroatoms. The van der Waals surface area contributed by atoms with Gasteiger partial charge in [0.1, 0.15) is 10.7 Å². The van der Waals surface area contributed by atoms with E-state index in [0.717, 1.165) is 4.70 Å². The lowest BCUT2D eigenvalue weighted by Gasteiger charge is -2.21. The fourth-order valence-electron chi connectivity index (χ4n) is 2.07. The van der Waals surface area contributed by atoms with Crippen molar-refractivity contribution in [1.82, 2.24) is 5.32 Å². The Hall–Kier alpha value is -1.66. The van der Waals surface area contributed by atoms with Crippen LogP contribution >= 0.6 is 11.3 Å². The predicted molar refractivity (Wildman–Crippen MR) is 84.2 cm³/mol. The number of fused-ring (bicyclic) bond motifs is 1. The van der Waals surface area contributed by atoms with Gasteiger partial charge in [-0.1, -0.05) is 13.8 Å². The van der Waals surface area contributed by atoms with Gasteiger partial charge in [-0.25, -0.2) is 4.39 Å². The number of amides is 1. The fourth-order valence-corrected chi connectivity index (χ4v) is 3.08. The second kappa shape index (κ2) is 6.41. The molecule has 1 aromatic heterocycles. The number of ether oxygens (including phenoxy) is 1. The van der Waals surface area contributed by atoms with Crippen LogP contribution in [0.15, 0.2) is 18.2 Å². The molecule has 2 rings (SSSR count). The van der Waals surface area contributed by atoms with Gasteiger partial charge in [0.2, 0.25) is 0 Å².